The number of benzene rings is 2. The Morgan fingerprint density at radius 1 is 1.10 bits per heavy atom. The van der Waals surface area contributed by atoms with Crippen LogP contribution >= 0.6 is 0 Å². The van der Waals surface area contributed by atoms with Crippen molar-refractivity contribution in [3.8, 4) is 11.5 Å². The van der Waals surface area contributed by atoms with Gasteiger partial charge in [0.25, 0.3) is 0 Å². The van der Waals surface area contributed by atoms with Gasteiger partial charge >= 0.3 is 0 Å². The Balaban J connectivity index is 2.29. The maximum Gasteiger partial charge on any atom is 0.139 e. The van der Waals surface area contributed by atoms with Gasteiger partial charge in [0.2, 0.25) is 0 Å². The average Bonchev–Trinajstić information content (AvgIpc) is 2.52. The molecule has 0 fully saturated rings. The van der Waals surface area contributed by atoms with Crippen LogP contribution in [0, 0.1) is 5.82 Å². The summed E-state index contributed by atoms with van der Waals surface area (Å²) >= 11 is 0. The monoisotopic (exact) mass is 289 g/mol. The van der Waals surface area contributed by atoms with Crippen molar-refractivity contribution in [2.75, 3.05) is 7.11 Å². The van der Waals surface area contributed by atoms with Crippen molar-refractivity contribution in [3.63, 3.8) is 0 Å². The maximum absolute atomic E-state index is 13.3. The first-order valence-corrected chi connectivity index (χ1v) is 6.95. The van der Waals surface area contributed by atoms with E-state index in [4.69, 9.17) is 15.2 Å². The van der Waals surface area contributed by atoms with Crippen LogP contribution in [-0.2, 0) is 0 Å². The molecule has 0 saturated heterocycles. The Kier molecular flexibility index (Phi) is 5.17. The zero-order valence-electron chi connectivity index (χ0n) is 12.3. The maximum atomic E-state index is 13.3. The number of rotatable bonds is 6. The van der Waals surface area contributed by atoms with E-state index < -0.39 is 0 Å². The summed E-state index contributed by atoms with van der Waals surface area (Å²) in [5.41, 5.74) is 7.08. The Morgan fingerprint density at radius 2 is 1.81 bits per heavy atom. The van der Waals surface area contributed by atoms with Gasteiger partial charge in [-0.3, -0.25) is 0 Å². The quantitative estimate of drug-likeness (QED) is 0.882. The van der Waals surface area contributed by atoms with Gasteiger partial charge < -0.3 is 15.2 Å². The summed E-state index contributed by atoms with van der Waals surface area (Å²) in [4.78, 5) is 0. The van der Waals surface area contributed by atoms with Crippen LogP contribution in [0.25, 0.3) is 0 Å². The van der Waals surface area contributed by atoms with Crippen molar-refractivity contribution >= 4 is 0 Å². The lowest BCUT2D eigenvalue weighted by molar-refractivity contribution is 0.170. The van der Waals surface area contributed by atoms with E-state index in [-0.39, 0.29) is 18.0 Å². The molecule has 2 unspecified atom stereocenters. The zero-order chi connectivity index (χ0) is 15.2. The Hall–Kier alpha value is -2.07. The van der Waals surface area contributed by atoms with Crippen LogP contribution in [0.15, 0.2) is 48.5 Å². The van der Waals surface area contributed by atoms with E-state index in [2.05, 4.69) is 0 Å². The van der Waals surface area contributed by atoms with E-state index in [0.717, 1.165) is 17.7 Å². The molecule has 0 bridgehead atoms. The second-order valence-electron chi connectivity index (χ2n) is 4.84. The molecule has 2 atom stereocenters. The highest BCUT2D eigenvalue weighted by Gasteiger charge is 2.21. The molecule has 0 aromatic heterocycles. The Morgan fingerprint density at radius 3 is 2.48 bits per heavy atom. The molecule has 2 N–H and O–H groups in total. The van der Waals surface area contributed by atoms with Crippen molar-refractivity contribution in [2.24, 2.45) is 5.73 Å². The van der Waals surface area contributed by atoms with Crippen LogP contribution in [-0.4, -0.2) is 13.2 Å². The third-order valence-electron chi connectivity index (χ3n) is 3.34. The van der Waals surface area contributed by atoms with Gasteiger partial charge in [-0.1, -0.05) is 25.1 Å². The minimum Gasteiger partial charge on any atom is -0.497 e. The molecule has 3 nitrogen and oxygen atoms in total. The van der Waals surface area contributed by atoms with Crippen molar-refractivity contribution in [1.29, 1.82) is 0 Å². The summed E-state index contributed by atoms with van der Waals surface area (Å²) in [6.07, 6.45) is 0.392. The molecule has 2 rings (SSSR count). The normalized spacial score (nSPS) is 13.5. The molecule has 2 aromatic carbocycles. The molecule has 0 spiro atoms. The summed E-state index contributed by atoms with van der Waals surface area (Å²) in [6.45, 7) is 1.99. The standard InChI is InChI=1S/C17H20FNO2/c1-3-16(19)17(12-6-4-8-14(10-12)20-2)21-15-9-5-7-13(18)11-15/h4-11,16-17H,3,19H2,1-2H3. The van der Waals surface area contributed by atoms with E-state index in [1.54, 1.807) is 19.2 Å². The first kappa shape index (κ1) is 15.3. The lowest BCUT2D eigenvalue weighted by Crippen LogP contribution is -2.31. The molecule has 0 aliphatic carbocycles. The van der Waals surface area contributed by atoms with Gasteiger partial charge in [0, 0.05) is 12.1 Å². The number of halogens is 1. The molecule has 0 amide bonds. The second-order valence-corrected chi connectivity index (χ2v) is 4.84. The van der Waals surface area contributed by atoms with Crippen molar-refractivity contribution in [1.82, 2.24) is 0 Å². The predicted molar refractivity (Wildman–Crippen MR) is 81.0 cm³/mol. The van der Waals surface area contributed by atoms with Gasteiger partial charge in [-0.05, 0) is 36.2 Å². The van der Waals surface area contributed by atoms with Crippen LogP contribution in [0.5, 0.6) is 11.5 Å². The fourth-order valence-corrected chi connectivity index (χ4v) is 2.12. The SMILES string of the molecule is CCC(N)C(Oc1cccc(F)c1)c1cccc(OC)c1. The first-order valence-electron chi connectivity index (χ1n) is 6.95. The van der Waals surface area contributed by atoms with Crippen LogP contribution in [0.2, 0.25) is 0 Å². The van der Waals surface area contributed by atoms with Crippen LogP contribution in [0.4, 0.5) is 4.39 Å². The van der Waals surface area contributed by atoms with Crippen LogP contribution in [0.1, 0.15) is 25.0 Å². The summed E-state index contributed by atoms with van der Waals surface area (Å²) in [5, 5.41) is 0. The van der Waals surface area contributed by atoms with Gasteiger partial charge in [0.1, 0.15) is 23.4 Å². The molecule has 112 valence electrons. The highest BCUT2D eigenvalue weighted by Crippen LogP contribution is 2.28. The molecule has 0 radical (unpaired) electrons. The highest BCUT2D eigenvalue weighted by molar-refractivity contribution is 5.32. The van der Waals surface area contributed by atoms with E-state index >= 15 is 0 Å². The molecule has 2 aromatic rings. The predicted octanol–water partition coefficient (Wildman–Crippen LogP) is 3.69. The van der Waals surface area contributed by atoms with E-state index in [9.17, 15) is 4.39 Å². The van der Waals surface area contributed by atoms with Crippen molar-refractivity contribution in [3.05, 3.63) is 59.9 Å². The van der Waals surface area contributed by atoms with E-state index in [1.807, 2.05) is 31.2 Å². The third kappa shape index (κ3) is 3.95. The van der Waals surface area contributed by atoms with Gasteiger partial charge in [-0.2, -0.15) is 0 Å². The summed E-state index contributed by atoms with van der Waals surface area (Å²) < 4.78 is 24.4. The minimum absolute atomic E-state index is 0.194. The molecule has 0 heterocycles. The summed E-state index contributed by atoms with van der Waals surface area (Å²) in [6, 6.07) is 13.5. The fraction of sp³-hybridized carbons (Fsp3) is 0.294. The van der Waals surface area contributed by atoms with Crippen molar-refractivity contribution < 1.29 is 13.9 Å². The first-order chi connectivity index (χ1) is 10.1. The van der Waals surface area contributed by atoms with Gasteiger partial charge in [0.05, 0.1) is 7.11 Å². The van der Waals surface area contributed by atoms with E-state index in [1.165, 1.54) is 12.1 Å². The van der Waals surface area contributed by atoms with Gasteiger partial charge in [0.15, 0.2) is 0 Å². The average molecular weight is 289 g/mol. The number of nitrogens with two attached hydrogens (primary N) is 1. The molecule has 21 heavy (non-hydrogen) atoms. The number of methoxy groups -OCH3 is 1. The highest BCUT2D eigenvalue weighted by atomic mass is 19.1. The van der Waals surface area contributed by atoms with Crippen LogP contribution in [0.3, 0.4) is 0 Å². The molecule has 4 heteroatoms. The number of hydrogen-bond acceptors (Lipinski definition) is 3. The zero-order valence-corrected chi connectivity index (χ0v) is 12.3. The molecule has 0 aliphatic rings. The van der Waals surface area contributed by atoms with Gasteiger partial charge in [-0.15, -0.1) is 0 Å². The number of hydrogen-bond donors (Lipinski definition) is 1. The lowest BCUT2D eigenvalue weighted by Gasteiger charge is -2.25. The second kappa shape index (κ2) is 7.09. The molecule has 0 aliphatic heterocycles. The molecular formula is C17H20FNO2. The van der Waals surface area contributed by atoms with E-state index in [0.29, 0.717) is 5.75 Å². The summed E-state index contributed by atoms with van der Waals surface area (Å²) in [5.74, 6) is 0.873. The Bertz CT molecular complexity index is 589. The fourth-order valence-electron chi connectivity index (χ4n) is 2.12. The van der Waals surface area contributed by atoms with Crippen molar-refractivity contribution in [2.45, 2.75) is 25.5 Å². The lowest BCUT2D eigenvalue weighted by atomic mass is 10.0. The molecular weight excluding hydrogens is 269 g/mol. The minimum atomic E-state index is -0.355. The Labute approximate surface area is 124 Å². The van der Waals surface area contributed by atoms with Gasteiger partial charge in [-0.25, -0.2) is 4.39 Å². The van der Waals surface area contributed by atoms with Crippen LogP contribution < -0.4 is 15.2 Å². The topological polar surface area (TPSA) is 44.5 Å². The smallest absolute Gasteiger partial charge is 0.139 e. The third-order valence-corrected chi connectivity index (χ3v) is 3.34. The largest absolute Gasteiger partial charge is 0.497 e. The summed E-state index contributed by atoms with van der Waals surface area (Å²) in [7, 11) is 1.61. The number of ether oxygens (including phenoxy) is 2. The molecule has 0 saturated carbocycles.